The molecule has 2 aromatic rings. The normalized spacial score (nSPS) is 20.4. The van der Waals surface area contributed by atoms with Gasteiger partial charge >= 0.3 is 7.12 Å². The average Bonchev–Trinajstić information content (AvgIpc) is 2.94. The molecule has 0 saturated carbocycles. The first kappa shape index (κ1) is 16.8. The molecule has 0 atom stereocenters. The van der Waals surface area contributed by atoms with Gasteiger partial charge in [0.2, 0.25) is 0 Å². The van der Waals surface area contributed by atoms with Gasteiger partial charge in [0, 0.05) is 5.75 Å². The smallest absolute Gasteiger partial charge is 0.400 e. The maximum absolute atomic E-state index is 6.09. The van der Waals surface area contributed by atoms with Crippen LogP contribution in [0.5, 0.6) is 0 Å². The molecule has 3 heterocycles. The first-order chi connectivity index (χ1) is 10.7. The van der Waals surface area contributed by atoms with Gasteiger partial charge in [-0.05, 0) is 51.4 Å². The number of fused-ring (bicyclic) bond motifs is 1. The first-order valence-electron chi connectivity index (χ1n) is 7.41. The standard InChI is InChI=1S/C15H19BClN3O2S/c1-14(2)15(3,4)22-16(21-14)10(9-23)7-11-8-18-13-6-5-12(17)19-20(11)13/h5-8,23H,9H2,1-4H3. The van der Waals surface area contributed by atoms with Gasteiger partial charge in [0.15, 0.2) is 5.65 Å². The van der Waals surface area contributed by atoms with Crippen LogP contribution in [-0.2, 0) is 9.31 Å². The number of nitrogens with zero attached hydrogens (tertiary/aromatic N) is 3. The van der Waals surface area contributed by atoms with E-state index in [1.807, 2.05) is 39.8 Å². The Kier molecular flexibility index (Phi) is 4.25. The highest BCUT2D eigenvalue weighted by atomic mass is 35.5. The van der Waals surface area contributed by atoms with Crippen molar-refractivity contribution in [2.45, 2.75) is 38.9 Å². The first-order valence-corrected chi connectivity index (χ1v) is 8.42. The van der Waals surface area contributed by atoms with E-state index in [9.17, 15) is 0 Å². The Hall–Kier alpha value is -1.02. The largest absolute Gasteiger partial charge is 0.491 e. The average molecular weight is 352 g/mol. The monoisotopic (exact) mass is 351 g/mol. The van der Waals surface area contributed by atoms with Crippen LogP contribution in [0.25, 0.3) is 11.7 Å². The molecule has 3 rings (SSSR count). The van der Waals surface area contributed by atoms with Crippen LogP contribution in [-0.4, -0.2) is 38.7 Å². The minimum atomic E-state index is -0.442. The summed E-state index contributed by atoms with van der Waals surface area (Å²) in [5.41, 5.74) is 1.67. The molecule has 23 heavy (non-hydrogen) atoms. The molecule has 8 heteroatoms. The van der Waals surface area contributed by atoms with Crippen LogP contribution in [0.3, 0.4) is 0 Å². The number of hydrogen-bond donors (Lipinski definition) is 1. The maximum Gasteiger partial charge on any atom is 0.491 e. The lowest BCUT2D eigenvalue weighted by atomic mass is 9.78. The Labute approximate surface area is 146 Å². The lowest BCUT2D eigenvalue weighted by Crippen LogP contribution is -2.41. The van der Waals surface area contributed by atoms with Gasteiger partial charge in [-0.1, -0.05) is 11.6 Å². The molecule has 0 unspecified atom stereocenters. The van der Waals surface area contributed by atoms with E-state index in [1.54, 1.807) is 16.8 Å². The number of aromatic nitrogens is 3. The Morgan fingerprint density at radius 2 is 1.96 bits per heavy atom. The van der Waals surface area contributed by atoms with E-state index in [2.05, 4.69) is 22.7 Å². The number of halogens is 1. The van der Waals surface area contributed by atoms with Gasteiger partial charge in [0.1, 0.15) is 5.15 Å². The Morgan fingerprint density at radius 1 is 1.30 bits per heavy atom. The third kappa shape index (κ3) is 3.03. The lowest BCUT2D eigenvalue weighted by molar-refractivity contribution is 0.00578. The molecule has 0 aliphatic carbocycles. The zero-order chi connectivity index (χ0) is 16.8. The predicted molar refractivity (Wildman–Crippen MR) is 95.9 cm³/mol. The molecule has 0 radical (unpaired) electrons. The molecular weight excluding hydrogens is 333 g/mol. The summed E-state index contributed by atoms with van der Waals surface area (Å²) in [6, 6.07) is 3.53. The minimum absolute atomic E-state index is 0.388. The van der Waals surface area contributed by atoms with Crippen molar-refractivity contribution in [1.29, 1.82) is 0 Å². The van der Waals surface area contributed by atoms with Crippen LogP contribution in [0.1, 0.15) is 33.4 Å². The predicted octanol–water partition coefficient (Wildman–Crippen LogP) is 3.33. The molecule has 0 N–H and O–H groups in total. The molecule has 0 amide bonds. The summed E-state index contributed by atoms with van der Waals surface area (Å²) in [6.45, 7) is 8.11. The van der Waals surface area contributed by atoms with E-state index in [0.29, 0.717) is 10.9 Å². The Bertz CT molecular complexity index is 759. The summed E-state index contributed by atoms with van der Waals surface area (Å²) in [6.07, 6.45) is 3.69. The van der Waals surface area contributed by atoms with Gasteiger partial charge in [0.25, 0.3) is 0 Å². The van der Waals surface area contributed by atoms with Crippen LogP contribution < -0.4 is 0 Å². The van der Waals surface area contributed by atoms with Crippen LogP contribution in [0.4, 0.5) is 0 Å². The molecule has 1 aliphatic heterocycles. The molecule has 2 aromatic heterocycles. The topological polar surface area (TPSA) is 48.7 Å². The van der Waals surface area contributed by atoms with Crippen LogP contribution in [0, 0.1) is 0 Å². The zero-order valence-electron chi connectivity index (χ0n) is 13.6. The van der Waals surface area contributed by atoms with Gasteiger partial charge in [-0.2, -0.15) is 17.7 Å². The number of hydrogen-bond acceptors (Lipinski definition) is 5. The fourth-order valence-corrected chi connectivity index (χ4v) is 2.72. The fourth-order valence-electron chi connectivity index (χ4n) is 2.34. The molecular formula is C15H19BClN3O2S. The fraction of sp³-hybridized carbons (Fsp3) is 0.467. The van der Waals surface area contributed by atoms with Crippen molar-refractivity contribution in [2.75, 3.05) is 5.75 Å². The van der Waals surface area contributed by atoms with Crippen LogP contribution in [0.2, 0.25) is 5.15 Å². The zero-order valence-corrected chi connectivity index (χ0v) is 15.2. The summed E-state index contributed by atoms with van der Waals surface area (Å²) in [5.74, 6) is 0.505. The Morgan fingerprint density at radius 3 is 2.57 bits per heavy atom. The Balaban J connectivity index is 1.97. The third-order valence-electron chi connectivity index (χ3n) is 4.43. The summed E-state index contributed by atoms with van der Waals surface area (Å²) in [7, 11) is -0.442. The summed E-state index contributed by atoms with van der Waals surface area (Å²) >= 11 is 10.4. The molecule has 0 bridgehead atoms. The van der Waals surface area contributed by atoms with E-state index in [4.69, 9.17) is 20.9 Å². The molecule has 1 saturated heterocycles. The molecule has 0 spiro atoms. The van der Waals surface area contributed by atoms with Gasteiger partial charge in [-0.3, -0.25) is 0 Å². The number of thiol groups is 1. The van der Waals surface area contributed by atoms with E-state index in [-0.39, 0.29) is 11.2 Å². The van der Waals surface area contributed by atoms with Crippen molar-refractivity contribution in [3.63, 3.8) is 0 Å². The highest BCUT2D eigenvalue weighted by Crippen LogP contribution is 2.39. The van der Waals surface area contributed by atoms with Gasteiger partial charge in [-0.15, -0.1) is 0 Å². The summed E-state index contributed by atoms with van der Waals surface area (Å²) < 4.78 is 13.9. The second-order valence-electron chi connectivity index (χ2n) is 6.57. The van der Waals surface area contributed by atoms with Crippen LogP contribution >= 0.6 is 24.2 Å². The van der Waals surface area contributed by atoms with E-state index in [1.165, 1.54) is 0 Å². The highest BCUT2D eigenvalue weighted by molar-refractivity contribution is 7.80. The van der Waals surface area contributed by atoms with Gasteiger partial charge in [0.05, 0.1) is 23.1 Å². The van der Waals surface area contributed by atoms with Gasteiger partial charge in [-0.25, -0.2) is 9.50 Å². The molecule has 1 fully saturated rings. The number of rotatable bonds is 3. The van der Waals surface area contributed by atoms with Crippen molar-refractivity contribution < 1.29 is 9.31 Å². The third-order valence-corrected chi connectivity index (χ3v) is 4.99. The van der Waals surface area contributed by atoms with E-state index < -0.39 is 7.12 Å². The second kappa shape index (κ2) is 5.81. The van der Waals surface area contributed by atoms with E-state index in [0.717, 1.165) is 16.8 Å². The number of imidazole rings is 1. The summed E-state index contributed by atoms with van der Waals surface area (Å²) in [5, 5.41) is 4.69. The van der Waals surface area contributed by atoms with Crippen molar-refractivity contribution in [1.82, 2.24) is 14.6 Å². The van der Waals surface area contributed by atoms with Crippen molar-refractivity contribution in [3.05, 3.63) is 34.6 Å². The highest BCUT2D eigenvalue weighted by Gasteiger charge is 2.52. The molecule has 5 nitrogen and oxygen atoms in total. The molecule has 122 valence electrons. The molecule has 0 aromatic carbocycles. The van der Waals surface area contributed by atoms with Crippen molar-refractivity contribution >= 4 is 43.1 Å². The SMILES string of the molecule is CC1(C)OB(C(=Cc2cnc3ccc(Cl)nn23)CS)OC1(C)C. The minimum Gasteiger partial charge on any atom is -0.400 e. The quantitative estimate of drug-likeness (QED) is 0.681. The second-order valence-corrected chi connectivity index (χ2v) is 7.28. The summed E-state index contributed by atoms with van der Waals surface area (Å²) in [4.78, 5) is 4.32. The van der Waals surface area contributed by atoms with Gasteiger partial charge < -0.3 is 9.31 Å². The van der Waals surface area contributed by atoms with E-state index >= 15 is 0 Å². The van der Waals surface area contributed by atoms with Crippen molar-refractivity contribution in [3.8, 4) is 0 Å². The van der Waals surface area contributed by atoms with Crippen molar-refractivity contribution in [2.24, 2.45) is 0 Å². The lowest BCUT2D eigenvalue weighted by Gasteiger charge is -2.32. The molecule has 1 aliphatic rings. The van der Waals surface area contributed by atoms with Crippen LogP contribution in [0.15, 0.2) is 23.8 Å². The maximum atomic E-state index is 6.09.